The summed E-state index contributed by atoms with van der Waals surface area (Å²) in [5.74, 6) is -4.63. The van der Waals surface area contributed by atoms with E-state index in [1.54, 1.807) is 24.3 Å². The lowest BCUT2D eigenvalue weighted by atomic mass is 10.0. The van der Waals surface area contributed by atoms with Gasteiger partial charge in [-0.1, -0.05) is 76.8 Å². The number of hydrogen-bond acceptors (Lipinski definition) is 15. The van der Waals surface area contributed by atoms with Crippen LogP contribution < -0.4 is 46.9 Å². The number of aliphatic hydroxyl groups is 3. The summed E-state index contributed by atoms with van der Waals surface area (Å²) in [4.78, 5) is 106. The zero-order valence-corrected chi connectivity index (χ0v) is 49.1. The van der Waals surface area contributed by atoms with E-state index in [-0.39, 0.29) is 69.5 Å². The van der Waals surface area contributed by atoms with E-state index in [1.807, 2.05) is 24.3 Å². The molecule has 4 aliphatic rings. The van der Waals surface area contributed by atoms with E-state index in [0.717, 1.165) is 54.6 Å². The van der Waals surface area contributed by atoms with Crippen molar-refractivity contribution in [1.29, 1.82) is 0 Å². The molecule has 4 saturated heterocycles. The highest BCUT2D eigenvalue weighted by Gasteiger charge is 2.46. The van der Waals surface area contributed by atoms with E-state index in [2.05, 4.69) is 55.4 Å². The summed E-state index contributed by atoms with van der Waals surface area (Å²) in [5.41, 5.74) is 9.24. The Morgan fingerprint density at radius 1 is 0.667 bits per heavy atom. The lowest BCUT2D eigenvalue weighted by Gasteiger charge is -2.37. The average molecular weight is 1170 g/mol. The van der Waals surface area contributed by atoms with Crippen molar-refractivity contribution in [2.45, 2.75) is 184 Å². The lowest BCUT2D eigenvalue weighted by molar-refractivity contribution is -0.145. The molecule has 7 unspecified atom stereocenters. The summed E-state index contributed by atoms with van der Waals surface area (Å²) in [5, 5.41) is 56.2. The molecule has 7 amide bonds. The molecule has 22 nitrogen and oxygen atoms in total. The van der Waals surface area contributed by atoms with Crippen molar-refractivity contribution in [3.8, 4) is 11.5 Å². The van der Waals surface area contributed by atoms with Crippen LogP contribution in [0.25, 0.3) is 0 Å². The number of anilines is 2. The van der Waals surface area contributed by atoms with Crippen molar-refractivity contribution in [2.75, 3.05) is 62.2 Å². The van der Waals surface area contributed by atoms with Crippen molar-refractivity contribution >= 4 is 52.7 Å². The second-order valence-electron chi connectivity index (χ2n) is 23.1. The van der Waals surface area contributed by atoms with Crippen LogP contribution in [0.2, 0.25) is 0 Å². The van der Waals surface area contributed by atoms with Gasteiger partial charge in [0.05, 0.1) is 24.9 Å². The Hall–Kier alpha value is -7.01. The van der Waals surface area contributed by atoms with E-state index in [4.69, 9.17) is 10.5 Å². The first-order chi connectivity index (χ1) is 40.4. The highest BCUT2D eigenvalue weighted by atomic mass is 16.5. The Labute approximate surface area is 493 Å². The Bertz CT molecular complexity index is 2640. The maximum absolute atomic E-state index is 14.5. The number of nitrogens with two attached hydrogens (primary N) is 1. The zero-order chi connectivity index (χ0) is 60.3. The quantitative estimate of drug-likeness (QED) is 0.0686. The van der Waals surface area contributed by atoms with Crippen LogP contribution >= 0.6 is 0 Å². The van der Waals surface area contributed by atoms with Crippen LogP contribution in [0, 0.1) is 0 Å². The van der Waals surface area contributed by atoms with Gasteiger partial charge >= 0.3 is 0 Å². The molecular weight excluding hydrogens is 1080 g/mol. The summed E-state index contributed by atoms with van der Waals surface area (Å²) >= 11 is 0. The number of nitrogens with zero attached hydrogens (tertiary/aromatic N) is 4. The van der Waals surface area contributed by atoms with Gasteiger partial charge in [0.1, 0.15) is 47.8 Å². The topological polar surface area (TPSA) is 309 Å². The van der Waals surface area contributed by atoms with Crippen molar-refractivity contribution in [3.05, 3.63) is 83.9 Å². The molecule has 3 aromatic carbocycles. The van der Waals surface area contributed by atoms with Gasteiger partial charge in [-0.15, -0.1) is 0 Å². The Kier molecular flexibility index (Phi) is 24.4. The third-order valence-corrected chi connectivity index (χ3v) is 16.5. The zero-order valence-electron chi connectivity index (χ0n) is 49.1. The first kappa shape index (κ1) is 64.5. The number of phenolic OH excluding ortho intramolecular Hbond substituents is 1. The van der Waals surface area contributed by atoms with Gasteiger partial charge in [0.15, 0.2) is 0 Å². The maximum atomic E-state index is 14.5. The van der Waals surface area contributed by atoms with E-state index in [0.29, 0.717) is 12.2 Å². The monoisotopic (exact) mass is 1170 g/mol. The van der Waals surface area contributed by atoms with Crippen molar-refractivity contribution in [1.82, 2.24) is 36.4 Å². The number of carbonyl (C=O) groups is 7. The predicted molar refractivity (Wildman–Crippen MR) is 318 cm³/mol. The number of hydrogen-bond donors (Lipinski definition) is 10. The van der Waals surface area contributed by atoms with E-state index in [1.165, 1.54) is 88.7 Å². The summed E-state index contributed by atoms with van der Waals surface area (Å²) < 4.78 is 6.05. The van der Waals surface area contributed by atoms with E-state index >= 15 is 0 Å². The van der Waals surface area contributed by atoms with Gasteiger partial charge in [0, 0.05) is 75.2 Å². The number of rotatable bonds is 21. The normalized spacial score (nSPS) is 24.9. The first-order valence-electron chi connectivity index (χ1n) is 30.4. The highest BCUT2D eigenvalue weighted by molar-refractivity contribution is 6.00. The molecule has 4 heterocycles. The molecule has 11 N–H and O–H groups in total. The van der Waals surface area contributed by atoms with Crippen LogP contribution in [-0.4, -0.2) is 185 Å². The highest BCUT2D eigenvalue weighted by Crippen LogP contribution is 2.26. The van der Waals surface area contributed by atoms with Crippen molar-refractivity contribution in [3.63, 3.8) is 0 Å². The van der Waals surface area contributed by atoms with Gasteiger partial charge in [-0.05, 0) is 119 Å². The standard InChI is InChI=1S/C62H90N10O12/c1-4-5-6-7-8-9-10-11-12-13-35-84-49-27-23-46(24-28-49)70-33-31-69(32-34-70)45-21-19-43(20-22-45)56(77)65-50-15-14-30-64-59(80)52-36-44(63)38-71(52)61(82)54(40(2)73)68-58(79)51(29-18-42-16-25-47(75)26-17-42)66-60(81)53-37-48(76)39-72(53)62(83)55(41(3)74)67-57(50)78/h16-17,19-28,40-41,44,48,50-55,73-76H,4-15,18,29-39,63H2,1-3H3,(H,64,80)(H,65,77)(H,66,81)(H,67,78)(H,68,79)/t40?,41?,44-,48+,50-,51?,52?,53?,54?,55?/m0/s1. The number of aliphatic hydroxyl groups excluding tert-OH is 3. The number of ether oxygens (including phenoxy) is 1. The van der Waals surface area contributed by atoms with Crippen LogP contribution in [0.5, 0.6) is 11.5 Å². The molecule has 0 radical (unpaired) electrons. The third kappa shape index (κ3) is 18.2. The molecule has 0 saturated carbocycles. The minimum absolute atomic E-state index is 0.00624. The molecular formula is C62H90N10O12. The fraction of sp³-hybridized carbons (Fsp3) is 0.597. The molecule has 22 heteroatoms. The number of amides is 7. The molecule has 0 spiro atoms. The van der Waals surface area contributed by atoms with Gasteiger partial charge in [-0.2, -0.15) is 0 Å². The first-order valence-corrected chi connectivity index (χ1v) is 30.4. The molecule has 4 aliphatic heterocycles. The Balaban J connectivity index is 1.01. The van der Waals surface area contributed by atoms with E-state index in [9.17, 15) is 54.0 Å². The molecule has 0 aliphatic carbocycles. The summed E-state index contributed by atoms with van der Waals surface area (Å²) in [7, 11) is 0. The second kappa shape index (κ2) is 31.8. The SMILES string of the molecule is CCCCCCCCCCCCOc1ccc(N2CCN(c3ccc(C(=O)N[C@H]4CCCNC(=O)C5C[C@H](N)CN5C(=O)C(C(C)O)NC(=O)C(CCc5ccc(O)cc5)NC(=O)C5C[C@@H](O)CN5C(=O)C(C(C)O)NC4=O)cc3)CC2)cc1. The fourth-order valence-electron chi connectivity index (χ4n) is 11.5. The number of fused-ring (bicyclic) bond motifs is 2. The summed E-state index contributed by atoms with van der Waals surface area (Å²) in [6, 6.07) is 12.3. The number of phenols is 1. The molecule has 3 aromatic rings. The Morgan fingerprint density at radius 2 is 1.20 bits per heavy atom. The average Bonchev–Trinajstić information content (AvgIpc) is 3.92. The van der Waals surface area contributed by atoms with Crippen molar-refractivity contribution < 1.29 is 58.7 Å². The van der Waals surface area contributed by atoms with Crippen LogP contribution in [0.1, 0.15) is 133 Å². The van der Waals surface area contributed by atoms with Crippen LogP contribution in [0.15, 0.2) is 72.8 Å². The van der Waals surface area contributed by atoms with Gasteiger partial charge < -0.3 is 77.1 Å². The van der Waals surface area contributed by atoms with Crippen LogP contribution in [0.3, 0.4) is 0 Å². The van der Waals surface area contributed by atoms with Gasteiger partial charge in [0.2, 0.25) is 35.4 Å². The van der Waals surface area contributed by atoms with Gasteiger partial charge in [0.25, 0.3) is 5.91 Å². The summed E-state index contributed by atoms with van der Waals surface area (Å²) in [6.07, 6.45) is 8.46. The number of piperazine rings is 1. The summed E-state index contributed by atoms with van der Waals surface area (Å²) in [6.45, 7) is 8.05. The Morgan fingerprint density at radius 3 is 1.79 bits per heavy atom. The number of unbranched alkanes of at least 4 members (excludes halogenated alkanes) is 9. The van der Waals surface area contributed by atoms with Crippen molar-refractivity contribution in [2.24, 2.45) is 5.73 Å². The number of benzene rings is 3. The second-order valence-corrected chi connectivity index (χ2v) is 23.1. The molecule has 460 valence electrons. The molecule has 84 heavy (non-hydrogen) atoms. The van der Waals surface area contributed by atoms with Crippen LogP contribution in [-0.2, 0) is 35.2 Å². The smallest absolute Gasteiger partial charge is 0.251 e. The number of aromatic hydroxyl groups is 1. The predicted octanol–water partition coefficient (Wildman–Crippen LogP) is 2.77. The molecule has 10 atom stereocenters. The van der Waals surface area contributed by atoms with Crippen LogP contribution in [0.4, 0.5) is 11.4 Å². The largest absolute Gasteiger partial charge is 0.508 e. The minimum atomic E-state index is -1.67. The van der Waals surface area contributed by atoms with Gasteiger partial charge in [-0.3, -0.25) is 33.6 Å². The third-order valence-electron chi connectivity index (χ3n) is 16.5. The lowest BCUT2D eigenvalue weighted by Crippen LogP contribution is -2.61. The number of aryl methyl sites for hydroxylation is 1. The molecule has 4 fully saturated rings. The minimum Gasteiger partial charge on any atom is -0.508 e. The van der Waals surface area contributed by atoms with E-state index < -0.39 is 102 Å². The molecule has 7 rings (SSSR count). The number of carbonyl (C=O) groups excluding carboxylic acids is 7. The molecule has 0 aromatic heterocycles. The van der Waals surface area contributed by atoms with Gasteiger partial charge in [-0.25, -0.2) is 0 Å². The molecule has 0 bridgehead atoms. The maximum Gasteiger partial charge on any atom is 0.251 e. The fourth-order valence-corrected chi connectivity index (χ4v) is 11.5. The number of nitrogens with one attached hydrogen (secondary N) is 5.